The molecule has 1 aliphatic carbocycles. The molecule has 0 aromatic carbocycles. The summed E-state index contributed by atoms with van der Waals surface area (Å²) in [5, 5.41) is 6.36. The van der Waals surface area contributed by atoms with Gasteiger partial charge in [-0.25, -0.2) is 0 Å². The molecule has 0 aromatic heterocycles. The van der Waals surface area contributed by atoms with Gasteiger partial charge in [-0.05, 0) is 38.1 Å². The van der Waals surface area contributed by atoms with Crippen molar-refractivity contribution in [2.24, 2.45) is 5.92 Å². The standard InChI is InChI=1S/C14H26N2O2/c17-14(16-13-4-2-1-3-5-13)10-15-8-6-12-7-9-18-11-12/h12-13,15H,1-11H2,(H,16,17). The van der Waals surface area contributed by atoms with E-state index in [0.717, 1.165) is 39.0 Å². The molecule has 2 aliphatic rings. The van der Waals surface area contributed by atoms with Crippen molar-refractivity contribution in [2.75, 3.05) is 26.3 Å². The molecule has 0 bridgehead atoms. The van der Waals surface area contributed by atoms with Crippen LogP contribution in [0.25, 0.3) is 0 Å². The van der Waals surface area contributed by atoms with Crippen molar-refractivity contribution < 1.29 is 9.53 Å². The quantitative estimate of drug-likeness (QED) is 0.705. The Bertz CT molecular complexity index is 246. The van der Waals surface area contributed by atoms with E-state index in [1.54, 1.807) is 0 Å². The molecule has 1 atom stereocenters. The molecule has 104 valence electrons. The van der Waals surface area contributed by atoms with Gasteiger partial charge in [0.25, 0.3) is 0 Å². The second kappa shape index (κ2) is 7.74. The first-order valence-electron chi connectivity index (χ1n) is 7.42. The minimum atomic E-state index is 0.157. The number of hydrogen-bond donors (Lipinski definition) is 2. The number of carbonyl (C=O) groups is 1. The lowest BCUT2D eigenvalue weighted by atomic mass is 9.95. The number of amides is 1. The summed E-state index contributed by atoms with van der Waals surface area (Å²) in [6, 6.07) is 0.427. The van der Waals surface area contributed by atoms with Crippen molar-refractivity contribution in [3.05, 3.63) is 0 Å². The molecule has 1 aliphatic heterocycles. The molecule has 4 nitrogen and oxygen atoms in total. The van der Waals surface area contributed by atoms with Crippen LogP contribution in [0.4, 0.5) is 0 Å². The number of ether oxygens (including phenoxy) is 1. The monoisotopic (exact) mass is 254 g/mol. The first-order valence-corrected chi connectivity index (χ1v) is 7.42. The Balaban J connectivity index is 1.48. The molecule has 4 heteroatoms. The van der Waals surface area contributed by atoms with E-state index in [-0.39, 0.29) is 5.91 Å². The van der Waals surface area contributed by atoms with Crippen LogP contribution >= 0.6 is 0 Å². The topological polar surface area (TPSA) is 50.4 Å². The fourth-order valence-electron chi connectivity index (χ4n) is 2.84. The highest BCUT2D eigenvalue weighted by molar-refractivity contribution is 5.78. The minimum Gasteiger partial charge on any atom is -0.381 e. The van der Waals surface area contributed by atoms with Gasteiger partial charge >= 0.3 is 0 Å². The van der Waals surface area contributed by atoms with Gasteiger partial charge < -0.3 is 15.4 Å². The van der Waals surface area contributed by atoms with Crippen molar-refractivity contribution in [1.29, 1.82) is 0 Å². The zero-order valence-corrected chi connectivity index (χ0v) is 11.2. The predicted octanol–water partition coefficient (Wildman–Crippen LogP) is 1.45. The summed E-state index contributed by atoms with van der Waals surface area (Å²) in [6.07, 6.45) is 8.47. The van der Waals surface area contributed by atoms with E-state index in [2.05, 4.69) is 10.6 Å². The van der Waals surface area contributed by atoms with Crippen LogP contribution in [0.2, 0.25) is 0 Å². The highest BCUT2D eigenvalue weighted by atomic mass is 16.5. The molecule has 2 N–H and O–H groups in total. The normalized spacial score (nSPS) is 25.2. The van der Waals surface area contributed by atoms with Crippen molar-refractivity contribution in [3.63, 3.8) is 0 Å². The maximum atomic E-state index is 11.7. The van der Waals surface area contributed by atoms with E-state index in [1.165, 1.54) is 25.7 Å². The van der Waals surface area contributed by atoms with Gasteiger partial charge in [0.2, 0.25) is 5.91 Å². The van der Waals surface area contributed by atoms with Gasteiger partial charge in [0.15, 0.2) is 0 Å². The average Bonchev–Trinajstić information content (AvgIpc) is 2.89. The van der Waals surface area contributed by atoms with E-state index < -0.39 is 0 Å². The largest absolute Gasteiger partial charge is 0.381 e. The number of rotatable bonds is 6. The lowest BCUT2D eigenvalue weighted by Gasteiger charge is -2.22. The smallest absolute Gasteiger partial charge is 0.234 e. The first-order chi connectivity index (χ1) is 8.84. The SMILES string of the molecule is O=C(CNCCC1CCOC1)NC1CCCCC1. The van der Waals surface area contributed by atoms with E-state index in [9.17, 15) is 4.79 Å². The van der Waals surface area contributed by atoms with Crippen LogP contribution < -0.4 is 10.6 Å². The van der Waals surface area contributed by atoms with Crippen LogP contribution in [0.15, 0.2) is 0 Å². The van der Waals surface area contributed by atoms with Crippen molar-refractivity contribution in [2.45, 2.75) is 51.0 Å². The lowest BCUT2D eigenvalue weighted by Crippen LogP contribution is -2.41. The highest BCUT2D eigenvalue weighted by Gasteiger charge is 2.16. The molecule has 0 aromatic rings. The second-order valence-electron chi connectivity index (χ2n) is 5.60. The van der Waals surface area contributed by atoms with Gasteiger partial charge in [0.05, 0.1) is 6.54 Å². The Kier molecular flexibility index (Phi) is 5.94. The number of hydrogen-bond acceptors (Lipinski definition) is 3. The first kappa shape index (κ1) is 13.8. The van der Waals surface area contributed by atoms with Crippen LogP contribution in [0, 0.1) is 5.92 Å². The Hall–Kier alpha value is -0.610. The third kappa shape index (κ3) is 4.94. The zero-order chi connectivity index (χ0) is 12.6. The van der Waals surface area contributed by atoms with E-state index in [1.807, 2.05) is 0 Å². The number of carbonyl (C=O) groups excluding carboxylic acids is 1. The number of nitrogens with one attached hydrogen (secondary N) is 2. The van der Waals surface area contributed by atoms with Gasteiger partial charge in [0.1, 0.15) is 0 Å². The third-order valence-electron chi connectivity index (χ3n) is 4.01. The maximum absolute atomic E-state index is 11.7. The maximum Gasteiger partial charge on any atom is 0.234 e. The van der Waals surface area contributed by atoms with Gasteiger partial charge in [-0.15, -0.1) is 0 Å². The molecule has 2 fully saturated rings. The summed E-state index contributed by atoms with van der Waals surface area (Å²) in [6.45, 7) is 3.19. The summed E-state index contributed by atoms with van der Waals surface area (Å²) in [7, 11) is 0. The Morgan fingerprint density at radius 3 is 2.72 bits per heavy atom. The molecule has 2 rings (SSSR count). The van der Waals surface area contributed by atoms with Crippen LogP contribution in [-0.4, -0.2) is 38.3 Å². The molecule has 1 saturated carbocycles. The highest BCUT2D eigenvalue weighted by Crippen LogP contribution is 2.17. The summed E-state index contributed by atoms with van der Waals surface area (Å²) >= 11 is 0. The third-order valence-corrected chi connectivity index (χ3v) is 4.01. The summed E-state index contributed by atoms with van der Waals surface area (Å²) in [5.74, 6) is 0.850. The van der Waals surface area contributed by atoms with Gasteiger partial charge in [0, 0.05) is 19.3 Å². The van der Waals surface area contributed by atoms with Crippen molar-refractivity contribution >= 4 is 5.91 Å². The molecule has 1 saturated heterocycles. The van der Waals surface area contributed by atoms with Crippen molar-refractivity contribution in [3.8, 4) is 0 Å². The van der Waals surface area contributed by atoms with Crippen molar-refractivity contribution in [1.82, 2.24) is 10.6 Å². The molecule has 1 unspecified atom stereocenters. The van der Waals surface area contributed by atoms with Crippen LogP contribution in [-0.2, 0) is 9.53 Å². The van der Waals surface area contributed by atoms with Gasteiger partial charge in [-0.3, -0.25) is 4.79 Å². The zero-order valence-electron chi connectivity index (χ0n) is 11.2. The fraction of sp³-hybridized carbons (Fsp3) is 0.929. The molecular formula is C14H26N2O2. The van der Waals surface area contributed by atoms with E-state index in [0.29, 0.717) is 18.5 Å². The van der Waals surface area contributed by atoms with Crippen LogP contribution in [0.1, 0.15) is 44.9 Å². The fourth-order valence-corrected chi connectivity index (χ4v) is 2.84. The van der Waals surface area contributed by atoms with Crippen LogP contribution in [0.5, 0.6) is 0 Å². The summed E-state index contributed by atoms with van der Waals surface area (Å²) < 4.78 is 5.33. The van der Waals surface area contributed by atoms with Gasteiger partial charge in [-0.1, -0.05) is 19.3 Å². The second-order valence-corrected chi connectivity index (χ2v) is 5.60. The van der Waals surface area contributed by atoms with E-state index >= 15 is 0 Å². The molecule has 0 spiro atoms. The Labute approximate surface area is 110 Å². The predicted molar refractivity (Wildman–Crippen MR) is 71.4 cm³/mol. The molecular weight excluding hydrogens is 228 g/mol. The molecule has 1 amide bonds. The Morgan fingerprint density at radius 2 is 2.00 bits per heavy atom. The molecule has 0 radical (unpaired) electrons. The summed E-state index contributed by atoms with van der Waals surface area (Å²) in [5.41, 5.74) is 0. The van der Waals surface area contributed by atoms with Gasteiger partial charge in [-0.2, -0.15) is 0 Å². The van der Waals surface area contributed by atoms with E-state index in [4.69, 9.17) is 4.74 Å². The Morgan fingerprint density at radius 1 is 1.17 bits per heavy atom. The average molecular weight is 254 g/mol. The van der Waals surface area contributed by atoms with Crippen LogP contribution in [0.3, 0.4) is 0 Å². The minimum absolute atomic E-state index is 0.157. The lowest BCUT2D eigenvalue weighted by molar-refractivity contribution is -0.121. The summed E-state index contributed by atoms with van der Waals surface area (Å²) in [4.78, 5) is 11.7. The molecule has 1 heterocycles. The molecule has 18 heavy (non-hydrogen) atoms.